The number of aliphatic hydroxyl groups is 1. The van der Waals surface area contributed by atoms with Crippen LogP contribution in [-0.4, -0.2) is 17.0 Å². The van der Waals surface area contributed by atoms with Crippen molar-refractivity contribution < 1.29 is 9.90 Å². The van der Waals surface area contributed by atoms with E-state index in [9.17, 15) is 9.90 Å². The highest BCUT2D eigenvalue weighted by Gasteiger charge is 2.59. The summed E-state index contributed by atoms with van der Waals surface area (Å²) in [5.41, 5.74) is 1.96. The third-order valence-corrected chi connectivity index (χ3v) is 8.27. The van der Waals surface area contributed by atoms with Gasteiger partial charge >= 0.3 is 0 Å². The molecule has 2 heteroatoms. The van der Waals surface area contributed by atoms with Crippen LogP contribution in [0.5, 0.6) is 0 Å². The summed E-state index contributed by atoms with van der Waals surface area (Å²) in [5.74, 6) is 2.61. The van der Waals surface area contributed by atoms with Crippen LogP contribution in [0.3, 0.4) is 0 Å². The summed E-state index contributed by atoms with van der Waals surface area (Å²) in [4.78, 5) is 11.9. The van der Waals surface area contributed by atoms with Crippen LogP contribution in [0, 0.1) is 28.6 Å². The highest BCUT2D eigenvalue weighted by Crippen LogP contribution is 2.66. The summed E-state index contributed by atoms with van der Waals surface area (Å²) in [6, 6.07) is 0. The van der Waals surface area contributed by atoms with Gasteiger partial charge in [-0.1, -0.05) is 19.4 Å². The third-order valence-electron chi connectivity index (χ3n) is 8.27. The van der Waals surface area contributed by atoms with Crippen molar-refractivity contribution in [2.45, 2.75) is 77.7 Å². The molecule has 6 atom stereocenters. The Hall–Kier alpha value is -0.630. The molecule has 0 aromatic rings. The van der Waals surface area contributed by atoms with Crippen molar-refractivity contribution >= 4 is 5.78 Å². The predicted octanol–water partition coefficient (Wildman–Crippen LogP) is 4.27. The van der Waals surface area contributed by atoms with Crippen LogP contribution in [0.4, 0.5) is 0 Å². The molecule has 3 fully saturated rings. The van der Waals surface area contributed by atoms with Gasteiger partial charge in [-0.25, -0.2) is 0 Å². The number of rotatable bonds is 1. The van der Waals surface area contributed by atoms with E-state index < -0.39 is 0 Å². The molecule has 0 amide bonds. The van der Waals surface area contributed by atoms with Crippen molar-refractivity contribution in [2.75, 3.05) is 0 Å². The lowest BCUT2D eigenvalue weighted by molar-refractivity contribution is -0.118. The molecular weight excluding hydrogens is 272 g/mol. The number of fused-ring (bicyclic) bond motifs is 5. The van der Waals surface area contributed by atoms with E-state index >= 15 is 0 Å². The second-order valence-electron chi connectivity index (χ2n) is 8.70. The van der Waals surface area contributed by atoms with Gasteiger partial charge in [-0.15, -0.1) is 0 Å². The van der Waals surface area contributed by atoms with Gasteiger partial charge in [-0.2, -0.15) is 0 Å². The van der Waals surface area contributed by atoms with Gasteiger partial charge in [0, 0.05) is 6.42 Å². The van der Waals surface area contributed by atoms with E-state index in [1.807, 2.05) is 6.08 Å². The highest BCUT2D eigenvalue weighted by atomic mass is 16.3. The minimum atomic E-state index is -0.0825. The van der Waals surface area contributed by atoms with Crippen molar-refractivity contribution in [1.82, 2.24) is 0 Å². The summed E-state index contributed by atoms with van der Waals surface area (Å²) in [6.45, 7) is 4.68. The number of aliphatic hydroxyl groups excluding tert-OH is 1. The van der Waals surface area contributed by atoms with E-state index in [0.717, 1.165) is 37.5 Å². The summed E-state index contributed by atoms with van der Waals surface area (Å²) < 4.78 is 0. The lowest BCUT2D eigenvalue weighted by atomic mass is 9.46. The summed E-state index contributed by atoms with van der Waals surface area (Å²) >= 11 is 0. The third kappa shape index (κ3) is 1.79. The maximum atomic E-state index is 11.9. The Balaban J connectivity index is 1.71. The lowest BCUT2D eigenvalue weighted by Crippen LogP contribution is -2.52. The number of carbonyl (C=O) groups is 1. The molecule has 4 aliphatic carbocycles. The first-order chi connectivity index (χ1) is 10.5. The fourth-order valence-electron chi connectivity index (χ4n) is 7.00. The molecule has 0 aromatic carbocycles. The van der Waals surface area contributed by atoms with Gasteiger partial charge in [0.1, 0.15) is 0 Å². The first-order valence-electron chi connectivity index (χ1n) is 9.43. The van der Waals surface area contributed by atoms with Gasteiger partial charge in [-0.3, -0.25) is 4.79 Å². The van der Waals surface area contributed by atoms with Crippen molar-refractivity contribution in [1.29, 1.82) is 0 Å². The molecule has 4 aliphatic rings. The fraction of sp³-hybridized carbons (Fsp3) is 0.850. The van der Waals surface area contributed by atoms with E-state index in [1.165, 1.54) is 37.7 Å². The van der Waals surface area contributed by atoms with E-state index in [-0.39, 0.29) is 11.5 Å². The van der Waals surface area contributed by atoms with Crippen LogP contribution >= 0.6 is 0 Å². The molecule has 1 N–H and O–H groups in total. The van der Waals surface area contributed by atoms with Crippen LogP contribution in [0.15, 0.2) is 11.6 Å². The Morgan fingerprint density at radius 3 is 2.73 bits per heavy atom. The quantitative estimate of drug-likeness (QED) is 0.785. The van der Waals surface area contributed by atoms with Crippen LogP contribution in [-0.2, 0) is 4.79 Å². The van der Waals surface area contributed by atoms with Crippen LogP contribution in [0.2, 0.25) is 0 Å². The second kappa shape index (κ2) is 4.93. The van der Waals surface area contributed by atoms with Gasteiger partial charge in [0.15, 0.2) is 5.78 Å². The second-order valence-corrected chi connectivity index (χ2v) is 8.70. The van der Waals surface area contributed by atoms with Crippen molar-refractivity contribution in [2.24, 2.45) is 28.6 Å². The van der Waals surface area contributed by atoms with Crippen LogP contribution in [0.1, 0.15) is 71.6 Å². The molecule has 0 radical (unpaired) electrons. The maximum Gasteiger partial charge on any atom is 0.155 e. The summed E-state index contributed by atoms with van der Waals surface area (Å²) in [7, 11) is 0. The molecule has 2 nitrogen and oxygen atoms in total. The first kappa shape index (κ1) is 14.9. The molecule has 0 spiro atoms. The van der Waals surface area contributed by atoms with E-state index in [2.05, 4.69) is 13.8 Å². The topological polar surface area (TPSA) is 37.3 Å². The maximum absolute atomic E-state index is 11.9. The van der Waals surface area contributed by atoms with Crippen molar-refractivity contribution in [3.05, 3.63) is 11.6 Å². The minimum absolute atomic E-state index is 0.0825. The zero-order valence-electron chi connectivity index (χ0n) is 14.1. The minimum Gasteiger partial charge on any atom is -0.393 e. The first-order valence-corrected chi connectivity index (χ1v) is 9.43. The molecule has 122 valence electrons. The largest absolute Gasteiger partial charge is 0.393 e. The van der Waals surface area contributed by atoms with Gasteiger partial charge in [-0.05, 0) is 86.0 Å². The average molecular weight is 302 g/mol. The normalized spacial score (nSPS) is 50.9. The molecule has 1 unspecified atom stereocenters. The molecule has 0 saturated heterocycles. The lowest BCUT2D eigenvalue weighted by Gasteiger charge is -2.58. The van der Waals surface area contributed by atoms with Gasteiger partial charge in [0.25, 0.3) is 0 Å². The summed E-state index contributed by atoms with van der Waals surface area (Å²) in [6.07, 6.45) is 12.0. The summed E-state index contributed by atoms with van der Waals surface area (Å²) in [5, 5.41) is 10.5. The Kier molecular flexibility index (Phi) is 3.35. The number of ketones is 1. The molecule has 0 heterocycles. The molecule has 3 saturated carbocycles. The van der Waals surface area contributed by atoms with Crippen LogP contribution < -0.4 is 0 Å². The zero-order chi connectivity index (χ0) is 15.5. The Bertz CT molecular complexity index is 522. The number of hydrogen-bond acceptors (Lipinski definition) is 2. The Morgan fingerprint density at radius 2 is 1.95 bits per heavy atom. The predicted molar refractivity (Wildman–Crippen MR) is 87.3 cm³/mol. The molecule has 0 aromatic heterocycles. The number of hydrogen-bond donors (Lipinski definition) is 1. The molecule has 4 rings (SSSR count). The monoisotopic (exact) mass is 302 g/mol. The molecule has 22 heavy (non-hydrogen) atoms. The number of allylic oxidation sites excluding steroid dienone is 1. The Morgan fingerprint density at radius 1 is 1.14 bits per heavy atom. The zero-order valence-corrected chi connectivity index (χ0v) is 14.1. The standard InChI is InChI=1S/C20H30O2/c1-3-20-11-8-14(21)12-13(20)4-5-15-16-6-7-18(22)19(16,2)10-9-17(15)20/h12,15-18,22H,3-11H2,1-2H3/t15-,16-,17-,18?,19-,20-/m0/s1. The SMILES string of the molecule is CC[C@]12CCC(=O)C=C1CC[C@@H]1[C@@H]2CC[C@]2(C)C(O)CC[C@@H]12. The number of carbonyl (C=O) groups excluding carboxylic acids is 1. The highest BCUT2D eigenvalue weighted by molar-refractivity contribution is 5.91. The van der Waals surface area contributed by atoms with Gasteiger partial charge < -0.3 is 5.11 Å². The average Bonchev–Trinajstić information content (AvgIpc) is 2.82. The van der Waals surface area contributed by atoms with Crippen LogP contribution in [0.25, 0.3) is 0 Å². The molecule has 0 bridgehead atoms. The molecular formula is C20H30O2. The van der Waals surface area contributed by atoms with Gasteiger partial charge in [0.2, 0.25) is 0 Å². The van der Waals surface area contributed by atoms with Crippen molar-refractivity contribution in [3.63, 3.8) is 0 Å². The fourth-order valence-corrected chi connectivity index (χ4v) is 7.00. The smallest absolute Gasteiger partial charge is 0.155 e. The van der Waals surface area contributed by atoms with Crippen molar-refractivity contribution in [3.8, 4) is 0 Å². The van der Waals surface area contributed by atoms with Gasteiger partial charge in [0.05, 0.1) is 6.10 Å². The van der Waals surface area contributed by atoms with E-state index in [4.69, 9.17) is 0 Å². The Labute approximate surface area is 134 Å². The van der Waals surface area contributed by atoms with E-state index in [1.54, 1.807) is 0 Å². The molecule has 0 aliphatic heterocycles. The van der Waals surface area contributed by atoms with E-state index in [0.29, 0.717) is 17.1 Å².